The Morgan fingerprint density at radius 1 is 1.24 bits per heavy atom. The van der Waals surface area contributed by atoms with E-state index in [1.807, 2.05) is 6.07 Å². The van der Waals surface area contributed by atoms with Crippen molar-refractivity contribution in [2.24, 2.45) is 5.10 Å². The highest BCUT2D eigenvalue weighted by atomic mass is 32.1. The van der Waals surface area contributed by atoms with E-state index in [-0.39, 0.29) is 5.91 Å². The molecule has 0 fully saturated rings. The van der Waals surface area contributed by atoms with Gasteiger partial charge in [0.05, 0.1) is 18.2 Å². The summed E-state index contributed by atoms with van der Waals surface area (Å²) in [5.41, 5.74) is 4.53. The lowest BCUT2D eigenvalue weighted by atomic mass is 10.2. The number of esters is 1. The van der Waals surface area contributed by atoms with Crippen molar-refractivity contribution in [3.63, 3.8) is 0 Å². The number of fused-ring (bicyclic) bond motifs is 1. The van der Waals surface area contributed by atoms with Crippen LogP contribution in [0.2, 0.25) is 0 Å². The summed E-state index contributed by atoms with van der Waals surface area (Å²) in [5, 5.41) is 3.99. The maximum absolute atomic E-state index is 12.1. The molecule has 0 unspecified atom stereocenters. The number of nitrogens with zero attached hydrogens (tertiary/aromatic N) is 1. The number of hydrogen-bond acceptors (Lipinski definition) is 6. The summed E-state index contributed by atoms with van der Waals surface area (Å²) in [5.74, 6) is 0.124. The zero-order chi connectivity index (χ0) is 17.8. The van der Waals surface area contributed by atoms with Crippen molar-refractivity contribution in [3.05, 3.63) is 45.1 Å². The Kier molecular flexibility index (Phi) is 5.14. The number of ether oxygens (including phenoxy) is 2. The molecular weight excluding hydrogens is 340 g/mol. The summed E-state index contributed by atoms with van der Waals surface area (Å²) in [6.45, 7) is 1.32. The molecule has 7 heteroatoms. The van der Waals surface area contributed by atoms with Crippen molar-refractivity contribution < 1.29 is 19.1 Å². The molecular formula is C18H18N2O4S. The van der Waals surface area contributed by atoms with Crippen molar-refractivity contribution in [3.8, 4) is 11.5 Å². The fourth-order valence-electron chi connectivity index (χ4n) is 2.67. The van der Waals surface area contributed by atoms with E-state index in [0.29, 0.717) is 21.9 Å². The molecule has 3 rings (SSSR count). The van der Waals surface area contributed by atoms with Gasteiger partial charge in [0.15, 0.2) is 11.5 Å². The van der Waals surface area contributed by atoms with E-state index < -0.39 is 5.97 Å². The lowest BCUT2D eigenvalue weighted by Crippen LogP contribution is -2.16. The van der Waals surface area contributed by atoms with Crippen LogP contribution in [0.5, 0.6) is 11.5 Å². The molecule has 0 atom stereocenters. The third-order valence-electron chi connectivity index (χ3n) is 3.79. The number of hydrogen-bond donors (Lipinski definition) is 1. The number of amides is 1. The van der Waals surface area contributed by atoms with Gasteiger partial charge in [0.1, 0.15) is 0 Å². The van der Waals surface area contributed by atoms with Crippen LogP contribution in [-0.4, -0.2) is 25.2 Å². The molecule has 6 nitrogen and oxygen atoms in total. The van der Waals surface area contributed by atoms with E-state index in [9.17, 15) is 9.59 Å². The zero-order valence-corrected chi connectivity index (χ0v) is 14.8. The van der Waals surface area contributed by atoms with Crippen molar-refractivity contribution >= 4 is 29.4 Å². The van der Waals surface area contributed by atoms with Gasteiger partial charge in [-0.25, -0.2) is 5.43 Å². The van der Waals surface area contributed by atoms with Crippen LogP contribution in [0.3, 0.4) is 0 Å². The third kappa shape index (κ3) is 4.06. The molecule has 25 heavy (non-hydrogen) atoms. The zero-order valence-electron chi connectivity index (χ0n) is 14.0. The second kappa shape index (κ2) is 7.48. The highest BCUT2D eigenvalue weighted by Crippen LogP contribution is 2.30. The number of aryl methyl sites for hydroxylation is 2. The van der Waals surface area contributed by atoms with Gasteiger partial charge in [0, 0.05) is 11.8 Å². The smallest absolute Gasteiger partial charge is 0.308 e. The lowest BCUT2D eigenvalue weighted by Gasteiger charge is -2.08. The minimum absolute atomic E-state index is 0.209. The molecule has 1 amide bonds. The second-order valence-corrected chi connectivity index (χ2v) is 6.75. The van der Waals surface area contributed by atoms with Crippen LogP contribution in [0.4, 0.5) is 0 Å². The number of carbonyl (C=O) groups excluding carboxylic acids is 2. The molecule has 0 saturated carbocycles. The van der Waals surface area contributed by atoms with E-state index in [4.69, 9.17) is 9.47 Å². The van der Waals surface area contributed by atoms with Crippen molar-refractivity contribution in [1.82, 2.24) is 5.43 Å². The average Bonchev–Trinajstić information content (AvgIpc) is 3.17. The van der Waals surface area contributed by atoms with Gasteiger partial charge in [-0.2, -0.15) is 5.10 Å². The first kappa shape index (κ1) is 17.2. The highest BCUT2D eigenvalue weighted by molar-refractivity contribution is 7.14. The average molecular weight is 358 g/mol. The van der Waals surface area contributed by atoms with Gasteiger partial charge in [-0.05, 0) is 54.7 Å². The number of thiophene rings is 1. The van der Waals surface area contributed by atoms with Crippen LogP contribution in [0.25, 0.3) is 0 Å². The van der Waals surface area contributed by atoms with Crippen LogP contribution >= 0.6 is 11.3 Å². The number of nitrogens with one attached hydrogen (secondary N) is 1. The number of methoxy groups -OCH3 is 1. The summed E-state index contributed by atoms with van der Waals surface area (Å²) >= 11 is 1.54. The minimum Gasteiger partial charge on any atom is -0.493 e. The fourth-order valence-corrected chi connectivity index (χ4v) is 3.81. The standard InChI is InChI=1S/C18H18N2O4S/c1-11(21)24-14-7-6-12(8-15(14)23-2)10-19-20-18(22)17-9-13-4-3-5-16(13)25-17/h6-10H,3-5H2,1-2H3,(H,20,22)/b19-10-. The van der Waals surface area contributed by atoms with Gasteiger partial charge >= 0.3 is 5.97 Å². The SMILES string of the molecule is COc1cc(/C=N\NC(=O)c2cc3c(s2)CCC3)ccc1OC(C)=O. The van der Waals surface area contributed by atoms with Crippen molar-refractivity contribution in [2.45, 2.75) is 26.2 Å². The highest BCUT2D eigenvalue weighted by Gasteiger charge is 2.18. The minimum atomic E-state index is -0.421. The predicted molar refractivity (Wildman–Crippen MR) is 95.7 cm³/mol. The Bertz CT molecular complexity index is 820. The van der Waals surface area contributed by atoms with Crippen LogP contribution in [0.15, 0.2) is 29.4 Å². The number of benzene rings is 1. The van der Waals surface area contributed by atoms with Gasteiger partial charge in [-0.1, -0.05) is 0 Å². The molecule has 0 aliphatic heterocycles. The maximum atomic E-state index is 12.1. The molecule has 0 spiro atoms. The number of hydrazone groups is 1. The molecule has 1 aliphatic rings. The predicted octanol–water partition coefficient (Wildman–Crippen LogP) is 2.93. The monoisotopic (exact) mass is 358 g/mol. The van der Waals surface area contributed by atoms with Gasteiger partial charge < -0.3 is 9.47 Å². The Hall–Kier alpha value is -2.67. The summed E-state index contributed by atoms with van der Waals surface area (Å²) in [7, 11) is 1.49. The number of rotatable bonds is 5. The first-order valence-electron chi connectivity index (χ1n) is 7.88. The fraction of sp³-hybridized carbons (Fsp3) is 0.278. The molecule has 0 bridgehead atoms. The van der Waals surface area contributed by atoms with E-state index in [2.05, 4.69) is 10.5 Å². The molecule has 0 saturated heterocycles. The normalized spacial score (nSPS) is 12.9. The molecule has 2 aromatic rings. The van der Waals surface area contributed by atoms with E-state index in [1.54, 1.807) is 18.2 Å². The molecule has 1 N–H and O–H groups in total. The molecule has 0 radical (unpaired) electrons. The first-order chi connectivity index (χ1) is 12.1. The first-order valence-corrected chi connectivity index (χ1v) is 8.70. The van der Waals surface area contributed by atoms with Gasteiger partial charge in [-0.15, -0.1) is 11.3 Å². The van der Waals surface area contributed by atoms with Gasteiger partial charge in [-0.3, -0.25) is 9.59 Å². The van der Waals surface area contributed by atoms with Crippen molar-refractivity contribution in [1.29, 1.82) is 0 Å². The van der Waals surface area contributed by atoms with Crippen LogP contribution in [0.1, 0.15) is 39.0 Å². The third-order valence-corrected chi connectivity index (χ3v) is 5.03. The molecule has 130 valence electrons. The van der Waals surface area contributed by atoms with Gasteiger partial charge in [0.25, 0.3) is 5.91 Å². The summed E-state index contributed by atoms with van der Waals surface area (Å²) < 4.78 is 10.2. The maximum Gasteiger partial charge on any atom is 0.308 e. The summed E-state index contributed by atoms with van der Waals surface area (Å²) in [6, 6.07) is 6.96. The largest absolute Gasteiger partial charge is 0.493 e. The quantitative estimate of drug-likeness (QED) is 0.386. The van der Waals surface area contributed by atoms with Gasteiger partial charge in [0.2, 0.25) is 0 Å². The Morgan fingerprint density at radius 2 is 2.08 bits per heavy atom. The van der Waals surface area contributed by atoms with E-state index in [1.165, 1.54) is 48.4 Å². The van der Waals surface area contributed by atoms with E-state index >= 15 is 0 Å². The van der Waals surface area contributed by atoms with E-state index in [0.717, 1.165) is 12.8 Å². The molecule has 1 aromatic carbocycles. The van der Waals surface area contributed by atoms with Crippen LogP contribution < -0.4 is 14.9 Å². The summed E-state index contributed by atoms with van der Waals surface area (Å²) in [4.78, 5) is 25.2. The number of carbonyl (C=O) groups is 2. The molecule has 1 aliphatic carbocycles. The topological polar surface area (TPSA) is 77.0 Å². The lowest BCUT2D eigenvalue weighted by molar-refractivity contribution is -0.132. The molecule has 1 aromatic heterocycles. The van der Waals surface area contributed by atoms with Crippen LogP contribution in [0, 0.1) is 0 Å². The Labute approximate surface area is 149 Å². The van der Waals surface area contributed by atoms with Crippen molar-refractivity contribution in [2.75, 3.05) is 7.11 Å². The Morgan fingerprint density at radius 3 is 2.80 bits per heavy atom. The Balaban J connectivity index is 1.65. The second-order valence-electron chi connectivity index (χ2n) is 5.62. The van der Waals surface area contributed by atoms with Crippen LogP contribution in [-0.2, 0) is 17.6 Å². The molecule has 1 heterocycles. The summed E-state index contributed by atoms with van der Waals surface area (Å²) in [6.07, 6.45) is 4.80.